The van der Waals surface area contributed by atoms with E-state index in [0.717, 1.165) is 16.8 Å². The highest BCUT2D eigenvalue weighted by Crippen LogP contribution is 2.28. The molecular formula is C15H14ClF2NO. The van der Waals surface area contributed by atoms with Crippen LogP contribution in [0.4, 0.5) is 8.78 Å². The van der Waals surface area contributed by atoms with Crippen LogP contribution in [-0.4, -0.2) is 11.6 Å². The Bertz CT molecular complexity index is 577. The summed E-state index contributed by atoms with van der Waals surface area (Å²) in [6.45, 7) is -0.875. The van der Waals surface area contributed by atoms with Crippen LogP contribution in [0.3, 0.4) is 0 Å². The lowest BCUT2D eigenvalue weighted by atomic mass is 10.0. The van der Waals surface area contributed by atoms with Gasteiger partial charge in [0.15, 0.2) is 0 Å². The summed E-state index contributed by atoms with van der Waals surface area (Å²) >= 11 is 6.34. The molecule has 5 heteroatoms. The number of halogens is 3. The predicted molar refractivity (Wildman–Crippen MR) is 74.3 cm³/mol. The molecule has 0 saturated carbocycles. The van der Waals surface area contributed by atoms with Gasteiger partial charge >= 0.3 is 6.61 Å². The number of benzene rings is 1. The van der Waals surface area contributed by atoms with Crippen molar-refractivity contribution in [2.45, 2.75) is 25.3 Å². The van der Waals surface area contributed by atoms with E-state index in [1.165, 1.54) is 12.1 Å². The maximum absolute atomic E-state index is 12.2. The Morgan fingerprint density at radius 2 is 2.05 bits per heavy atom. The van der Waals surface area contributed by atoms with Crippen LogP contribution >= 0.6 is 11.6 Å². The minimum atomic E-state index is -2.84. The fourth-order valence-corrected chi connectivity index (χ4v) is 2.19. The quantitative estimate of drug-likeness (QED) is 0.757. The van der Waals surface area contributed by atoms with Gasteiger partial charge in [-0.1, -0.05) is 18.2 Å². The molecular weight excluding hydrogens is 284 g/mol. The molecule has 1 aromatic carbocycles. The minimum Gasteiger partial charge on any atom is -0.435 e. The maximum Gasteiger partial charge on any atom is 0.387 e. The topological polar surface area (TPSA) is 22.1 Å². The molecule has 106 valence electrons. The smallest absolute Gasteiger partial charge is 0.387 e. The van der Waals surface area contributed by atoms with E-state index in [1.807, 2.05) is 19.1 Å². The first-order valence-electron chi connectivity index (χ1n) is 6.15. The molecule has 0 spiro atoms. The molecule has 20 heavy (non-hydrogen) atoms. The third kappa shape index (κ3) is 3.90. The van der Waals surface area contributed by atoms with E-state index in [-0.39, 0.29) is 11.1 Å². The molecule has 0 bridgehead atoms. The van der Waals surface area contributed by atoms with Crippen LogP contribution in [-0.2, 0) is 6.42 Å². The molecule has 0 aliphatic heterocycles. The average molecular weight is 298 g/mol. The van der Waals surface area contributed by atoms with Gasteiger partial charge in [0.05, 0.1) is 5.38 Å². The van der Waals surface area contributed by atoms with Crippen LogP contribution in [0.2, 0.25) is 0 Å². The van der Waals surface area contributed by atoms with E-state index in [4.69, 9.17) is 11.6 Å². The summed E-state index contributed by atoms with van der Waals surface area (Å²) in [6.07, 6.45) is 2.24. The molecule has 1 atom stereocenters. The summed E-state index contributed by atoms with van der Waals surface area (Å²) in [5, 5.41) is -0.343. The van der Waals surface area contributed by atoms with Crippen molar-refractivity contribution in [3.05, 3.63) is 59.4 Å². The summed E-state index contributed by atoms with van der Waals surface area (Å²) < 4.78 is 28.7. The molecule has 0 aliphatic carbocycles. The van der Waals surface area contributed by atoms with Gasteiger partial charge in [0.2, 0.25) is 0 Å². The van der Waals surface area contributed by atoms with Crippen LogP contribution in [0.25, 0.3) is 0 Å². The highest BCUT2D eigenvalue weighted by atomic mass is 35.5. The number of alkyl halides is 3. The molecule has 0 saturated heterocycles. The van der Waals surface area contributed by atoms with Gasteiger partial charge < -0.3 is 4.74 Å². The number of aryl methyl sites for hydroxylation is 1. The molecule has 0 fully saturated rings. The second kappa shape index (κ2) is 6.66. The number of hydrogen-bond acceptors (Lipinski definition) is 2. The van der Waals surface area contributed by atoms with Gasteiger partial charge in [-0.3, -0.25) is 4.98 Å². The zero-order chi connectivity index (χ0) is 14.5. The first-order chi connectivity index (χ1) is 9.56. The second-order valence-electron chi connectivity index (χ2n) is 4.39. The van der Waals surface area contributed by atoms with Crippen molar-refractivity contribution in [1.82, 2.24) is 4.98 Å². The van der Waals surface area contributed by atoms with Crippen LogP contribution in [0.15, 0.2) is 42.6 Å². The number of nitrogens with zero attached hydrogens (tertiary/aromatic N) is 1. The van der Waals surface area contributed by atoms with Crippen LogP contribution in [0, 0.1) is 6.92 Å². The monoisotopic (exact) mass is 297 g/mol. The zero-order valence-electron chi connectivity index (χ0n) is 10.9. The van der Waals surface area contributed by atoms with E-state index in [0.29, 0.717) is 6.42 Å². The van der Waals surface area contributed by atoms with E-state index in [2.05, 4.69) is 9.72 Å². The van der Waals surface area contributed by atoms with Gasteiger partial charge in [-0.2, -0.15) is 8.78 Å². The zero-order valence-corrected chi connectivity index (χ0v) is 11.6. The largest absolute Gasteiger partial charge is 0.435 e. The average Bonchev–Trinajstić information content (AvgIpc) is 2.41. The summed E-state index contributed by atoms with van der Waals surface area (Å²) in [4.78, 5) is 4.28. The fourth-order valence-electron chi connectivity index (χ4n) is 1.91. The van der Waals surface area contributed by atoms with Crippen molar-refractivity contribution in [2.24, 2.45) is 0 Å². The van der Waals surface area contributed by atoms with Crippen molar-refractivity contribution in [3.8, 4) is 5.75 Å². The van der Waals surface area contributed by atoms with E-state index in [1.54, 1.807) is 18.3 Å². The van der Waals surface area contributed by atoms with Gasteiger partial charge in [-0.15, -0.1) is 11.6 Å². The third-order valence-electron chi connectivity index (χ3n) is 2.94. The molecule has 0 N–H and O–H groups in total. The predicted octanol–water partition coefficient (Wildman–Crippen LogP) is 4.51. The molecule has 1 heterocycles. The number of ether oxygens (including phenoxy) is 1. The van der Waals surface area contributed by atoms with Crippen molar-refractivity contribution in [2.75, 3.05) is 0 Å². The SMILES string of the molecule is Cc1cccnc1CC(Cl)c1cccc(OC(F)F)c1. The third-order valence-corrected chi connectivity index (χ3v) is 3.34. The summed E-state index contributed by atoms with van der Waals surface area (Å²) in [5.41, 5.74) is 2.68. The first-order valence-corrected chi connectivity index (χ1v) is 6.59. The van der Waals surface area contributed by atoms with Gasteiger partial charge in [0.25, 0.3) is 0 Å². The van der Waals surface area contributed by atoms with Crippen molar-refractivity contribution >= 4 is 11.6 Å². The Morgan fingerprint density at radius 3 is 2.75 bits per heavy atom. The first kappa shape index (κ1) is 14.7. The van der Waals surface area contributed by atoms with Crippen molar-refractivity contribution in [1.29, 1.82) is 0 Å². The number of pyridine rings is 1. The van der Waals surface area contributed by atoms with E-state index < -0.39 is 6.61 Å². The van der Waals surface area contributed by atoms with Gasteiger partial charge in [0.1, 0.15) is 5.75 Å². The lowest BCUT2D eigenvalue weighted by Crippen LogP contribution is -2.04. The van der Waals surface area contributed by atoms with E-state index >= 15 is 0 Å². The maximum atomic E-state index is 12.2. The molecule has 0 aliphatic rings. The fraction of sp³-hybridized carbons (Fsp3) is 0.267. The number of hydrogen-bond donors (Lipinski definition) is 0. The van der Waals surface area contributed by atoms with E-state index in [9.17, 15) is 8.78 Å². The molecule has 1 aromatic heterocycles. The Morgan fingerprint density at radius 1 is 1.25 bits per heavy atom. The molecule has 0 amide bonds. The van der Waals surface area contributed by atoms with Crippen molar-refractivity contribution in [3.63, 3.8) is 0 Å². The number of aromatic nitrogens is 1. The second-order valence-corrected chi connectivity index (χ2v) is 4.92. The highest BCUT2D eigenvalue weighted by molar-refractivity contribution is 6.20. The number of rotatable bonds is 5. The van der Waals surface area contributed by atoms with Crippen molar-refractivity contribution < 1.29 is 13.5 Å². The molecule has 2 rings (SSSR count). The normalized spacial score (nSPS) is 12.4. The minimum absolute atomic E-state index is 0.112. The Hall–Kier alpha value is -1.68. The molecule has 2 nitrogen and oxygen atoms in total. The molecule has 1 unspecified atom stereocenters. The summed E-state index contributed by atoms with van der Waals surface area (Å²) in [7, 11) is 0. The van der Waals surface area contributed by atoms with Gasteiger partial charge in [0, 0.05) is 18.3 Å². The van der Waals surface area contributed by atoms with Crippen LogP contribution in [0.1, 0.15) is 22.2 Å². The Balaban J connectivity index is 2.13. The Kier molecular flexibility index (Phi) is 4.90. The lowest BCUT2D eigenvalue weighted by Gasteiger charge is -2.12. The molecule has 2 aromatic rings. The Labute approximate surface area is 121 Å². The molecule has 0 radical (unpaired) electrons. The van der Waals surface area contributed by atoms with Gasteiger partial charge in [-0.05, 0) is 36.2 Å². The summed E-state index contributed by atoms with van der Waals surface area (Å²) in [5.74, 6) is 0.112. The van der Waals surface area contributed by atoms with Gasteiger partial charge in [-0.25, -0.2) is 0 Å². The van der Waals surface area contributed by atoms with Crippen LogP contribution in [0.5, 0.6) is 5.75 Å². The standard InChI is InChI=1S/C15H14ClF2NO/c1-10-4-3-7-19-14(10)9-13(16)11-5-2-6-12(8-11)20-15(17)18/h2-8,13,15H,9H2,1H3. The lowest BCUT2D eigenvalue weighted by molar-refractivity contribution is -0.0498. The summed E-state index contributed by atoms with van der Waals surface area (Å²) in [6, 6.07) is 10.3. The van der Waals surface area contributed by atoms with Crippen LogP contribution < -0.4 is 4.74 Å². The highest BCUT2D eigenvalue weighted by Gasteiger charge is 2.13.